The van der Waals surface area contributed by atoms with E-state index in [1.807, 2.05) is 0 Å². The molecule has 0 spiro atoms. The molecule has 0 bridgehead atoms. The molecule has 2 aliphatic rings. The number of halogens is 1. The van der Waals surface area contributed by atoms with Gasteiger partial charge >= 0.3 is 0 Å². The molecule has 4 heteroatoms. The lowest BCUT2D eigenvalue weighted by molar-refractivity contribution is 0.0992. The lowest BCUT2D eigenvalue weighted by Crippen LogP contribution is -2.49. The van der Waals surface area contributed by atoms with Crippen molar-refractivity contribution in [3.05, 3.63) is 33.8 Å². The standard InChI is InChI=1S/C17H26BrN3/c1-2-19-11-14-5-6-15(17(18)10-14)12-20-8-9-21-7-3-4-16(21)13-20/h5-6,10,16,19H,2-4,7-9,11-13H2,1H3. The average Bonchev–Trinajstić information content (AvgIpc) is 2.95. The maximum Gasteiger partial charge on any atom is 0.0246 e. The van der Waals surface area contributed by atoms with Gasteiger partial charge in [-0.2, -0.15) is 0 Å². The van der Waals surface area contributed by atoms with Gasteiger partial charge in [-0.1, -0.05) is 35.0 Å². The Morgan fingerprint density at radius 1 is 1.29 bits per heavy atom. The first-order valence-electron chi connectivity index (χ1n) is 8.20. The molecule has 3 rings (SSSR count). The minimum Gasteiger partial charge on any atom is -0.313 e. The highest BCUT2D eigenvalue weighted by Gasteiger charge is 2.30. The molecule has 116 valence electrons. The van der Waals surface area contributed by atoms with Gasteiger partial charge in [0.05, 0.1) is 0 Å². The molecule has 1 unspecified atom stereocenters. The van der Waals surface area contributed by atoms with Gasteiger partial charge in [0.2, 0.25) is 0 Å². The minimum atomic E-state index is 0.811. The maximum atomic E-state index is 3.76. The fourth-order valence-corrected chi connectivity index (χ4v) is 4.09. The molecule has 0 aliphatic carbocycles. The summed E-state index contributed by atoms with van der Waals surface area (Å²) in [7, 11) is 0. The first-order chi connectivity index (χ1) is 10.3. The number of hydrogen-bond donors (Lipinski definition) is 1. The van der Waals surface area contributed by atoms with Crippen LogP contribution in [0.4, 0.5) is 0 Å². The number of hydrogen-bond acceptors (Lipinski definition) is 3. The molecule has 0 saturated carbocycles. The molecule has 2 fully saturated rings. The highest BCUT2D eigenvalue weighted by molar-refractivity contribution is 9.10. The second-order valence-electron chi connectivity index (χ2n) is 6.27. The van der Waals surface area contributed by atoms with Gasteiger partial charge in [-0.05, 0) is 43.1 Å². The fraction of sp³-hybridized carbons (Fsp3) is 0.647. The van der Waals surface area contributed by atoms with Gasteiger partial charge in [0, 0.05) is 43.2 Å². The highest BCUT2D eigenvalue weighted by atomic mass is 79.9. The first kappa shape index (κ1) is 15.5. The van der Waals surface area contributed by atoms with Crippen molar-refractivity contribution in [2.45, 2.75) is 38.9 Å². The van der Waals surface area contributed by atoms with Crippen LogP contribution in [-0.4, -0.2) is 48.6 Å². The summed E-state index contributed by atoms with van der Waals surface area (Å²) in [6, 6.07) is 7.63. The summed E-state index contributed by atoms with van der Waals surface area (Å²) in [5, 5.41) is 3.38. The van der Waals surface area contributed by atoms with Gasteiger partial charge in [-0.25, -0.2) is 0 Å². The molecule has 1 N–H and O–H groups in total. The van der Waals surface area contributed by atoms with Crippen LogP contribution in [-0.2, 0) is 13.1 Å². The Balaban J connectivity index is 1.59. The third-order valence-corrected chi connectivity index (χ3v) is 5.50. The maximum absolute atomic E-state index is 3.76. The van der Waals surface area contributed by atoms with Crippen molar-refractivity contribution in [3.8, 4) is 0 Å². The van der Waals surface area contributed by atoms with Crippen LogP contribution in [0.3, 0.4) is 0 Å². The zero-order chi connectivity index (χ0) is 14.7. The molecule has 2 heterocycles. The van der Waals surface area contributed by atoms with Gasteiger partial charge in [-0.3, -0.25) is 9.80 Å². The van der Waals surface area contributed by atoms with Crippen molar-refractivity contribution in [3.63, 3.8) is 0 Å². The quantitative estimate of drug-likeness (QED) is 0.879. The van der Waals surface area contributed by atoms with E-state index in [1.54, 1.807) is 0 Å². The predicted octanol–water partition coefficient (Wildman–Crippen LogP) is 2.84. The van der Waals surface area contributed by atoms with Crippen molar-refractivity contribution in [2.75, 3.05) is 32.7 Å². The molecule has 0 aromatic heterocycles. The monoisotopic (exact) mass is 351 g/mol. The smallest absolute Gasteiger partial charge is 0.0246 e. The minimum absolute atomic E-state index is 0.811. The molecule has 3 nitrogen and oxygen atoms in total. The normalized spacial score (nSPS) is 23.4. The van der Waals surface area contributed by atoms with Crippen LogP contribution in [0.5, 0.6) is 0 Å². The number of benzene rings is 1. The summed E-state index contributed by atoms with van der Waals surface area (Å²) in [6.45, 7) is 10.2. The topological polar surface area (TPSA) is 18.5 Å². The van der Waals surface area contributed by atoms with Crippen molar-refractivity contribution >= 4 is 15.9 Å². The van der Waals surface area contributed by atoms with Crippen LogP contribution >= 0.6 is 15.9 Å². The van der Waals surface area contributed by atoms with Crippen molar-refractivity contribution in [2.24, 2.45) is 0 Å². The van der Waals surface area contributed by atoms with E-state index in [0.29, 0.717) is 0 Å². The van der Waals surface area contributed by atoms with Gasteiger partial charge in [0.15, 0.2) is 0 Å². The second kappa shape index (κ2) is 7.23. The van der Waals surface area contributed by atoms with E-state index in [1.165, 1.54) is 54.6 Å². The summed E-state index contributed by atoms with van der Waals surface area (Å²) in [4.78, 5) is 5.29. The fourth-order valence-electron chi connectivity index (χ4n) is 3.54. The average molecular weight is 352 g/mol. The Kier molecular flexibility index (Phi) is 5.33. The number of piperazine rings is 1. The van der Waals surface area contributed by atoms with E-state index >= 15 is 0 Å². The molecule has 0 amide bonds. The third-order valence-electron chi connectivity index (χ3n) is 4.76. The van der Waals surface area contributed by atoms with Crippen molar-refractivity contribution in [1.29, 1.82) is 0 Å². The SMILES string of the molecule is CCNCc1ccc(CN2CCN3CCCC3C2)c(Br)c1. The molecule has 1 aromatic carbocycles. The Labute approximate surface area is 136 Å². The number of nitrogens with zero attached hydrogens (tertiary/aromatic N) is 2. The number of fused-ring (bicyclic) bond motifs is 1. The molecule has 2 saturated heterocycles. The zero-order valence-electron chi connectivity index (χ0n) is 12.9. The molecule has 1 atom stereocenters. The third kappa shape index (κ3) is 3.86. The molecule has 2 aliphatic heterocycles. The molecule has 0 radical (unpaired) electrons. The van der Waals surface area contributed by atoms with E-state index in [-0.39, 0.29) is 0 Å². The van der Waals surface area contributed by atoms with Gasteiger partial charge in [0.1, 0.15) is 0 Å². The van der Waals surface area contributed by atoms with Crippen LogP contribution in [0.25, 0.3) is 0 Å². The molecular formula is C17H26BrN3. The lowest BCUT2D eigenvalue weighted by Gasteiger charge is -2.37. The van der Waals surface area contributed by atoms with Crippen LogP contribution < -0.4 is 5.32 Å². The van der Waals surface area contributed by atoms with Crippen LogP contribution in [0.1, 0.15) is 30.9 Å². The largest absolute Gasteiger partial charge is 0.313 e. The second-order valence-corrected chi connectivity index (χ2v) is 7.13. The summed E-state index contributed by atoms with van der Waals surface area (Å²) < 4.78 is 1.26. The van der Waals surface area contributed by atoms with E-state index in [0.717, 1.165) is 25.7 Å². The Hall–Kier alpha value is -0.420. The van der Waals surface area contributed by atoms with Crippen LogP contribution in [0, 0.1) is 0 Å². The molecule has 21 heavy (non-hydrogen) atoms. The van der Waals surface area contributed by atoms with Gasteiger partial charge < -0.3 is 5.32 Å². The molecule has 1 aromatic rings. The summed E-state index contributed by atoms with van der Waals surface area (Å²) in [6.07, 6.45) is 2.78. The summed E-state index contributed by atoms with van der Waals surface area (Å²) in [5.41, 5.74) is 2.77. The van der Waals surface area contributed by atoms with Gasteiger partial charge in [0.25, 0.3) is 0 Å². The lowest BCUT2D eigenvalue weighted by atomic mass is 10.1. The van der Waals surface area contributed by atoms with E-state index in [4.69, 9.17) is 0 Å². The van der Waals surface area contributed by atoms with E-state index in [2.05, 4.69) is 56.2 Å². The number of rotatable bonds is 5. The Morgan fingerprint density at radius 3 is 3.00 bits per heavy atom. The van der Waals surface area contributed by atoms with E-state index in [9.17, 15) is 0 Å². The Morgan fingerprint density at radius 2 is 2.19 bits per heavy atom. The highest BCUT2D eigenvalue weighted by Crippen LogP contribution is 2.25. The van der Waals surface area contributed by atoms with Gasteiger partial charge in [-0.15, -0.1) is 0 Å². The van der Waals surface area contributed by atoms with Crippen molar-refractivity contribution < 1.29 is 0 Å². The van der Waals surface area contributed by atoms with Crippen LogP contribution in [0.2, 0.25) is 0 Å². The zero-order valence-corrected chi connectivity index (χ0v) is 14.5. The number of nitrogens with one attached hydrogen (secondary N) is 1. The summed E-state index contributed by atoms with van der Waals surface area (Å²) >= 11 is 3.76. The van der Waals surface area contributed by atoms with E-state index < -0.39 is 0 Å². The van der Waals surface area contributed by atoms with Crippen LogP contribution in [0.15, 0.2) is 22.7 Å². The first-order valence-corrected chi connectivity index (χ1v) is 9.00. The van der Waals surface area contributed by atoms with Crippen molar-refractivity contribution in [1.82, 2.24) is 15.1 Å². The predicted molar refractivity (Wildman–Crippen MR) is 91.4 cm³/mol. The molecular weight excluding hydrogens is 326 g/mol. The summed E-state index contributed by atoms with van der Waals surface area (Å²) in [5.74, 6) is 0. The Bertz CT molecular complexity index is 477.